The van der Waals surface area contributed by atoms with Crippen LogP contribution in [0.4, 0.5) is 19.0 Å². The Hall–Kier alpha value is -2.18. The van der Waals surface area contributed by atoms with Crippen molar-refractivity contribution in [3.63, 3.8) is 0 Å². The third-order valence-electron chi connectivity index (χ3n) is 4.74. The predicted molar refractivity (Wildman–Crippen MR) is 107 cm³/mol. The first-order valence-corrected chi connectivity index (χ1v) is 11.6. The van der Waals surface area contributed by atoms with Crippen molar-refractivity contribution in [3.05, 3.63) is 41.4 Å². The number of alkyl halides is 3. The van der Waals surface area contributed by atoms with Gasteiger partial charge in [0, 0.05) is 38.3 Å². The van der Waals surface area contributed by atoms with Crippen LogP contribution in [0.3, 0.4) is 0 Å². The van der Waals surface area contributed by atoms with Gasteiger partial charge in [0.25, 0.3) is 10.0 Å². The number of carbonyl (C=O) groups excluding carboxylic acids is 1. The minimum Gasteiger partial charge on any atom is -0.368 e. The zero-order valence-electron chi connectivity index (χ0n) is 15.9. The average molecular weight is 463 g/mol. The smallest absolute Gasteiger partial charge is 0.368 e. The number of sulfonamides is 1. The molecule has 2 aromatic heterocycles. The van der Waals surface area contributed by atoms with E-state index in [0.29, 0.717) is 12.8 Å². The molecule has 0 bridgehead atoms. The number of rotatable bonds is 7. The minimum atomic E-state index is -4.52. The van der Waals surface area contributed by atoms with E-state index in [1.807, 2.05) is 0 Å². The number of hydrogen-bond acceptors (Lipinski definition) is 6. The van der Waals surface area contributed by atoms with Gasteiger partial charge in [-0.2, -0.15) is 17.5 Å². The number of amides is 1. The Morgan fingerprint density at radius 1 is 1.20 bits per heavy atom. The number of aromatic nitrogens is 1. The van der Waals surface area contributed by atoms with Gasteiger partial charge < -0.3 is 10.6 Å². The van der Waals surface area contributed by atoms with Crippen LogP contribution in [0.25, 0.3) is 0 Å². The van der Waals surface area contributed by atoms with E-state index in [1.54, 1.807) is 17.5 Å². The van der Waals surface area contributed by atoms with Crippen LogP contribution in [-0.4, -0.2) is 49.8 Å². The molecule has 2 aromatic rings. The van der Waals surface area contributed by atoms with E-state index < -0.39 is 21.8 Å². The molecule has 1 aliphatic rings. The molecule has 7 nitrogen and oxygen atoms in total. The Morgan fingerprint density at radius 2 is 1.93 bits per heavy atom. The van der Waals surface area contributed by atoms with Crippen LogP contribution in [0.1, 0.15) is 18.4 Å². The Bertz CT molecular complexity index is 957. The summed E-state index contributed by atoms with van der Waals surface area (Å²) in [7, 11) is -3.52. The van der Waals surface area contributed by atoms with Gasteiger partial charge in [0.2, 0.25) is 5.91 Å². The number of halogens is 3. The molecule has 1 aliphatic heterocycles. The van der Waals surface area contributed by atoms with Gasteiger partial charge >= 0.3 is 6.18 Å². The number of nitrogens with zero attached hydrogens (tertiary/aromatic N) is 2. The molecule has 30 heavy (non-hydrogen) atoms. The molecule has 1 amide bonds. The second kappa shape index (κ2) is 9.31. The van der Waals surface area contributed by atoms with Crippen LogP contribution in [0.2, 0.25) is 0 Å². The highest BCUT2D eigenvalue weighted by Crippen LogP contribution is 2.33. The molecule has 2 N–H and O–H groups in total. The number of nitrogens with one attached hydrogen (secondary N) is 2. The molecule has 0 atom stereocenters. The first-order valence-electron chi connectivity index (χ1n) is 9.27. The number of thiophene rings is 1. The summed E-state index contributed by atoms with van der Waals surface area (Å²) in [6.45, 7) is 0.705. The van der Waals surface area contributed by atoms with E-state index in [4.69, 9.17) is 0 Å². The minimum absolute atomic E-state index is 0.0808. The summed E-state index contributed by atoms with van der Waals surface area (Å²) in [5.41, 5.74) is -0.865. The highest BCUT2D eigenvalue weighted by molar-refractivity contribution is 7.91. The summed E-state index contributed by atoms with van der Waals surface area (Å²) in [5, 5.41) is 6.97. The Kier molecular flexibility index (Phi) is 6.98. The first kappa shape index (κ1) is 22.5. The molecule has 3 rings (SSSR count). The van der Waals surface area contributed by atoms with Gasteiger partial charge in [0.15, 0.2) is 0 Å². The van der Waals surface area contributed by atoms with Crippen molar-refractivity contribution in [2.75, 3.05) is 31.5 Å². The second-order valence-corrected chi connectivity index (χ2v) is 9.84. The van der Waals surface area contributed by atoms with E-state index in [9.17, 15) is 26.4 Å². The summed E-state index contributed by atoms with van der Waals surface area (Å²) in [6.07, 6.45) is -2.48. The predicted octanol–water partition coefficient (Wildman–Crippen LogP) is 2.79. The van der Waals surface area contributed by atoms with Gasteiger partial charge in [-0.1, -0.05) is 6.07 Å². The zero-order valence-corrected chi connectivity index (χ0v) is 17.5. The number of carbonyl (C=O) groups is 1. The molecule has 0 unspecified atom stereocenters. The van der Waals surface area contributed by atoms with Crippen molar-refractivity contribution in [3.8, 4) is 0 Å². The summed E-state index contributed by atoms with van der Waals surface area (Å²) in [4.78, 5) is 16.0. The molecule has 12 heteroatoms. The quantitative estimate of drug-likeness (QED) is 0.618. The van der Waals surface area contributed by atoms with Crippen LogP contribution in [0, 0.1) is 5.92 Å². The summed E-state index contributed by atoms with van der Waals surface area (Å²) in [5.74, 6) is -0.853. The highest BCUT2D eigenvalue weighted by Gasteiger charge is 2.34. The maximum atomic E-state index is 12.9. The lowest BCUT2D eigenvalue weighted by Crippen LogP contribution is -2.43. The normalized spacial score (nSPS) is 16.4. The molecular formula is C18H21F3N4O3S2. The van der Waals surface area contributed by atoms with Gasteiger partial charge in [-0.25, -0.2) is 13.4 Å². The van der Waals surface area contributed by atoms with E-state index in [1.165, 1.54) is 16.6 Å². The molecule has 0 aliphatic carbocycles. The van der Waals surface area contributed by atoms with Gasteiger partial charge in [0.1, 0.15) is 10.0 Å². The van der Waals surface area contributed by atoms with Gasteiger partial charge in [-0.15, -0.1) is 11.3 Å². The topological polar surface area (TPSA) is 91.4 Å². The number of pyridine rings is 1. The lowest BCUT2D eigenvalue weighted by molar-refractivity contribution is -0.137. The highest BCUT2D eigenvalue weighted by atomic mass is 32.2. The molecular weight excluding hydrogens is 441 g/mol. The lowest BCUT2D eigenvalue weighted by atomic mass is 9.97. The largest absolute Gasteiger partial charge is 0.419 e. The fourth-order valence-corrected chi connectivity index (χ4v) is 5.80. The van der Waals surface area contributed by atoms with Crippen molar-refractivity contribution in [2.45, 2.75) is 23.2 Å². The monoisotopic (exact) mass is 462 g/mol. The van der Waals surface area contributed by atoms with Crippen LogP contribution in [0.5, 0.6) is 0 Å². The van der Waals surface area contributed by atoms with Crippen LogP contribution < -0.4 is 10.6 Å². The van der Waals surface area contributed by atoms with E-state index in [0.717, 1.165) is 17.4 Å². The summed E-state index contributed by atoms with van der Waals surface area (Å²) in [6, 6.07) is 5.37. The summed E-state index contributed by atoms with van der Waals surface area (Å²) >= 11 is 1.15. The second-order valence-electron chi connectivity index (χ2n) is 6.73. The first-order chi connectivity index (χ1) is 14.2. The van der Waals surface area contributed by atoms with Crippen LogP contribution >= 0.6 is 11.3 Å². The Labute approximate surface area is 176 Å². The maximum absolute atomic E-state index is 12.9. The van der Waals surface area contributed by atoms with Gasteiger partial charge in [0.05, 0.1) is 5.56 Å². The molecule has 0 radical (unpaired) electrons. The van der Waals surface area contributed by atoms with Crippen molar-refractivity contribution >= 4 is 33.1 Å². The maximum Gasteiger partial charge on any atom is 0.419 e. The molecule has 164 valence electrons. The van der Waals surface area contributed by atoms with Crippen molar-refractivity contribution in [2.24, 2.45) is 5.92 Å². The SMILES string of the molecule is O=C(NCCNc1ncccc1C(F)(F)F)C1CCN(S(=O)(=O)c2cccs2)CC1. The van der Waals surface area contributed by atoms with Crippen LogP contribution in [-0.2, 0) is 21.0 Å². The molecule has 0 aromatic carbocycles. The number of hydrogen-bond donors (Lipinski definition) is 2. The van der Waals surface area contributed by atoms with Crippen molar-refractivity contribution < 1.29 is 26.4 Å². The van der Waals surface area contributed by atoms with Crippen molar-refractivity contribution in [1.29, 1.82) is 0 Å². The fraction of sp³-hybridized carbons (Fsp3) is 0.444. The van der Waals surface area contributed by atoms with Gasteiger partial charge in [-0.3, -0.25) is 4.79 Å². The third kappa shape index (κ3) is 5.29. The fourth-order valence-electron chi connectivity index (χ4n) is 3.18. The van der Waals surface area contributed by atoms with E-state index in [-0.39, 0.29) is 48.0 Å². The van der Waals surface area contributed by atoms with E-state index in [2.05, 4.69) is 15.6 Å². The zero-order chi connectivity index (χ0) is 21.8. The number of piperidine rings is 1. The van der Waals surface area contributed by atoms with Crippen LogP contribution in [0.15, 0.2) is 40.1 Å². The number of anilines is 1. The molecule has 1 saturated heterocycles. The molecule has 0 saturated carbocycles. The Balaban J connectivity index is 1.44. The summed E-state index contributed by atoms with van der Waals surface area (Å²) < 4.78 is 65.5. The standard InChI is InChI=1S/C18H21F3N4O3S2/c19-18(20,21)14-3-1-7-22-16(14)23-8-9-24-17(26)13-5-10-25(11-6-13)30(27,28)15-4-2-12-29-15/h1-4,7,12-13H,5-6,8-11H2,(H,22,23)(H,24,26). The Morgan fingerprint density at radius 3 is 2.57 bits per heavy atom. The lowest BCUT2D eigenvalue weighted by Gasteiger charge is -2.30. The third-order valence-corrected chi connectivity index (χ3v) is 8.02. The van der Waals surface area contributed by atoms with E-state index >= 15 is 0 Å². The average Bonchev–Trinajstić information content (AvgIpc) is 3.26. The molecule has 1 fully saturated rings. The molecule has 3 heterocycles. The van der Waals surface area contributed by atoms with Crippen molar-refractivity contribution in [1.82, 2.24) is 14.6 Å². The molecule has 0 spiro atoms. The van der Waals surface area contributed by atoms with Gasteiger partial charge in [-0.05, 0) is 36.4 Å².